The summed E-state index contributed by atoms with van der Waals surface area (Å²) in [5, 5.41) is 3.67. The van der Waals surface area contributed by atoms with E-state index in [1.165, 1.54) is 24.8 Å². The Morgan fingerprint density at radius 3 is 2.74 bits per heavy atom. The number of para-hydroxylation sites is 2. The van der Waals surface area contributed by atoms with E-state index in [9.17, 15) is 0 Å². The van der Waals surface area contributed by atoms with Gasteiger partial charge in [0.1, 0.15) is 5.82 Å². The highest BCUT2D eigenvalue weighted by Crippen LogP contribution is 2.48. The fourth-order valence-corrected chi connectivity index (χ4v) is 2.84. The molecule has 0 amide bonds. The van der Waals surface area contributed by atoms with Gasteiger partial charge in [-0.1, -0.05) is 19.1 Å². The predicted molar refractivity (Wildman–Crippen MR) is 79.1 cm³/mol. The molecule has 1 heterocycles. The number of benzene rings is 1. The van der Waals surface area contributed by atoms with Crippen molar-refractivity contribution >= 4 is 11.0 Å². The van der Waals surface area contributed by atoms with Crippen LogP contribution in [-0.4, -0.2) is 16.1 Å². The fourth-order valence-electron chi connectivity index (χ4n) is 2.84. The minimum atomic E-state index is 0.307. The average molecular weight is 257 g/mol. The number of imidazole rings is 1. The van der Waals surface area contributed by atoms with Crippen molar-refractivity contribution in [1.29, 1.82) is 0 Å². The highest BCUT2D eigenvalue weighted by atomic mass is 15.1. The van der Waals surface area contributed by atoms with Gasteiger partial charge in [0.2, 0.25) is 0 Å². The standard InChI is InChI=1S/C16H23N3/c1-4-16(9-10-16)11-17-12(2)15-18-13-7-5-6-8-14(13)19(15)3/h5-8,12,17H,4,9-11H2,1-3H3. The third-order valence-electron chi connectivity index (χ3n) is 4.70. The number of rotatable bonds is 5. The van der Waals surface area contributed by atoms with Gasteiger partial charge in [0.25, 0.3) is 0 Å². The monoisotopic (exact) mass is 257 g/mol. The topological polar surface area (TPSA) is 29.9 Å². The summed E-state index contributed by atoms with van der Waals surface area (Å²) >= 11 is 0. The van der Waals surface area contributed by atoms with Crippen LogP contribution in [0.3, 0.4) is 0 Å². The van der Waals surface area contributed by atoms with Crippen LogP contribution in [0.4, 0.5) is 0 Å². The Kier molecular flexibility index (Phi) is 3.09. The van der Waals surface area contributed by atoms with Crippen LogP contribution in [0, 0.1) is 5.41 Å². The van der Waals surface area contributed by atoms with Gasteiger partial charge < -0.3 is 9.88 Å². The van der Waals surface area contributed by atoms with E-state index in [2.05, 4.69) is 49.0 Å². The van der Waals surface area contributed by atoms with E-state index < -0.39 is 0 Å². The van der Waals surface area contributed by atoms with Crippen molar-refractivity contribution in [2.45, 2.75) is 39.2 Å². The van der Waals surface area contributed by atoms with Crippen LogP contribution >= 0.6 is 0 Å². The molecule has 3 heteroatoms. The molecule has 0 spiro atoms. The Labute approximate surface area is 115 Å². The first-order chi connectivity index (χ1) is 9.15. The first kappa shape index (κ1) is 12.7. The van der Waals surface area contributed by atoms with E-state index in [4.69, 9.17) is 4.98 Å². The fraction of sp³-hybridized carbons (Fsp3) is 0.562. The molecule has 1 aliphatic rings. The van der Waals surface area contributed by atoms with Gasteiger partial charge in [0.05, 0.1) is 17.1 Å². The molecule has 1 fully saturated rings. The number of fused-ring (bicyclic) bond motifs is 1. The number of hydrogen-bond acceptors (Lipinski definition) is 2. The molecular formula is C16H23N3. The summed E-state index contributed by atoms with van der Waals surface area (Å²) in [5.41, 5.74) is 2.88. The minimum absolute atomic E-state index is 0.307. The second kappa shape index (κ2) is 4.64. The lowest BCUT2D eigenvalue weighted by Gasteiger charge is -2.18. The van der Waals surface area contributed by atoms with Gasteiger partial charge in [-0.2, -0.15) is 0 Å². The number of nitrogens with zero attached hydrogens (tertiary/aromatic N) is 2. The highest BCUT2D eigenvalue weighted by molar-refractivity contribution is 5.75. The Bertz CT molecular complexity index is 581. The minimum Gasteiger partial charge on any atom is -0.330 e. The van der Waals surface area contributed by atoms with Crippen molar-refractivity contribution in [2.24, 2.45) is 12.5 Å². The molecule has 0 saturated heterocycles. The van der Waals surface area contributed by atoms with Crippen molar-refractivity contribution in [1.82, 2.24) is 14.9 Å². The third-order valence-corrected chi connectivity index (χ3v) is 4.70. The summed E-state index contributed by atoms with van der Waals surface area (Å²) in [5.74, 6) is 1.13. The lowest BCUT2D eigenvalue weighted by atomic mass is 10.0. The molecule has 1 N–H and O–H groups in total. The molecular weight excluding hydrogens is 234 g/mol. The highest BCUT2D eigenvalue weighted by Gasteiger charge is 2.40. The molecule has 1 unspecified atom stereocenters. The Balaban J connectivity index is 1.77. The molecule has 3 rings (SSSR count). The SMILES string of the molecule is CCC1(CNC(C)c2nc3ccccc3n2C)CC1. The maximum absolute atomic E-state index is 4.76. The van der Waals surface area contributed by atoms with E-state index in [0.29, 0.717) is 11.5 Å². The first-order valence-electron chi connectivity index (χ1n) is 7.30. The number of nitrogens with one attached hydrogen (secondary N) is 1. The smallest absolute Gasteiger partial charge is 0.126 e. The van der Waals surface area contributed by atoms with Crippen LogP contribution in [-0.2, 0) is 7.05 Å². The zero-order chi connectivity index (χ0) is 13.5. The molecule has 0 bridgehead atoms. The zero-order valence-electron chi connectivity index (χ0n) is 12.1. The van der Waals surface area contributed by atoms with Gasteiger partial charge in [-0.3, -0.25) is 0 Å². The van der Waals surface area contributed by atoms with Crippen molar-refractivity contribution in [3.63, 3.8) is 0 Å². The van der Waals surface area contributed by atoms with Gasteiger partial charge in [0, 0.05) is 13.6 Å². The van der Waals surface area contributed by atoms with Crippen LogP contribution in [0.5, 0.6) is 0 Å². The Hall–Kier alpha value is -1.35. The van der Waals surface area contributed by atoms with E-state index in [1.54, 1.807) is 0 Å². The molecule has 1 aromatic carbocycles. The Morgan fingerprint density at radius 2 is 2.11 bits per heavy atom. The Morgan fingerprint density at radius 1 is 1.37 bits per heavy atom. The number of aromatic nitrogens is 2. The van der Waals surface area contributed by atoms with E-state index >= 15 is 0 Å². The summed E-state index contributed by atoms with van der Waals surface area (Å²) in [6.45, 7) is 5.63. The van der Waals surface area contributed by atoms with Gasteiger partial charge >= 0.3 is 0 Å². The molecule has 19 heavy (non-hydrogen) atoms. The largest absolute Gasteiger partial charge is 0.330 e. The summed E-state index contributed by atoms with van der Waals surface area (Å²) in [4.78, 5) is 4.76. The van der Waals surface area contributed by atoms with Crippen LogP contribution < -0.4 is 5.32 Å². The summed E-state index contributed by atoms with van der Waals surface area (Å²) < 4.78 is 2.21. The summed E-state index contributed by atoms with van der Waals surface area (Å²) in [7, 11) is 2.11. The molecule has 2 aromatic rings. The number of hydrogen-bond donors (Lipinski definition) is 1. The lowest BCUT2D eigenvalue weighted by molar-refractivity contribution is 0.405. The van der Waals surface area contributed by atoms with E-state index in [-0.39, 0.29) is 0 Å². The summed E-state index contributed by atoms with van der Waals surface area (Å²) in [6.07, 6.45) is 4.05. The normalized spacial score (nSPS) is 18.7. The average Bonchev–Trinajstić information content (AvgIpc) is 3.15. The second-order valence-corrected chi connectivity index (χ2v) is 5.97. The quantitative estimate of drug-likeness (QED) is 0.889. The van der Waals surface area contributed by atoms with E-state index in [0.717, 1.165) is 17.9 Å². The van der Waals surface area contributed by atoms with Crippen LogP contribution in [0.15, 0.2) is 24.3 Å². The summed E-state index contributed by atoms with van der Waals surface area (Å²) in [6, 6.07) is 8.64. The maximum Gasteiger partial charge on any atom is 0.126 e. The molecule has 0 aliphatic heterocycles. The predicted octanol–water partition coefficient (Wildman–Crippen LogP) is 3.41. The van der Waals surface area contributed by atoms with Crippen LogP contribution in [0.1, 0.15) is 45.0 Å². The van der Waals surface area contributed by atoms with Crippen molar-refractivity contribution in [2.75, 3.05) is 6.54 Å². The maximum atomic E-state index is 4.76. The van der Waals surface area contributed by atoms with E-state index in [1.807, 2.05) is 6.07 Å². The van der Waals surface area contributed by atoms with Gasteiger partial charge in [0.15, 0.2) is 0 Å². The van der Waals surface area contributed by atoms with Gasteiger partial charge in [-0.15, -0.1) is 0 Å². The van der Waals surface area contributed by atoms with Crippen LogP contribution in [0.25, 0.3) is 11.0 Å². The molecule has 1 saturated carbocycles. The molecule has 1 atom stereocenters. The van der Waals surface area contributed by atoms with Crippen molar-refractivity contribution < 1.29 is 0 Å². The third kappa shape index (κ3) is 2.27. The zero-order valence-corrected chi connectivity index (χ0v) is 12.1. The molecule has 1 aliphatic carbocycles. The molecule has 3 nitrogen and oxygen atoms in total. The molecule has 102 valence electrons. The molecule has 0 radical (unpaired) electrons. The molecule has 1 aromatic heterocycles. The second-order valence-electron chi connectivity index (χ2n) is 5.97. The lowest BCUT2D eigenvalue weighted by Crippen LogP contribution is -2.28. The van der Waals surface area contributed by atoms with Gasteiger partial charge in [-0.25, -0.2) is 4.98 Å². The first-order valence-corrected chi connectivity index (χ1v) is 7.30. The number of aryl methyl sites for hydroxylation is 1. The van der Waals surface area contributed by atoms with Crippen molar-refractivity contribution in [3.05, 3.63) is 30.1 Å². The van der Waals surface area contributed by atoms with Crippen molar-refractivity contribution in [3.8, 4) is 0 Å². The van der Waals surface area contributed by atoms with Crippen LogP contribution in [0.2, 0.25) is 0 Å². The van der Waals surface area contributed by atoms with Gasteiger partial charge in [-0.05, 0) is 43.7 Å².